The Morgan fingerprint density at radius 2 is 2.28 bits per heavy atom. The summed E-state index contributed by atoms with van der Waals surface area (Å²) in [6.45, 7) is 8.71. The molecule has 0 radical (unpaired) electrons. The van der Waals surface area contributed by atoms with Gasteiger partial charge in [0.2, 0.25) is 0 Å². The van der Waals surface area contributed by atoms with Crippen molar-refractivity contribution in [2.24, 2.45) is 0 Å². The van der Waals surface area contributed by atoms with E-state index >= 15 is 0 Å². The Labute approximate surface area is 111 Å². The standard InChI is InChI=1S/C15H25N3/c1-3-18(11-14-6-4-5-9-16-14)12-15-8-7-13(2)10-17-15/h7-8,10,14,16H,3-6,9,11-12H2,1-2H3. The van der Waals surface area contributed by atoms with Gasteiger partial charge in [-0.05, 0) is 44.5 Å². The van der Waals surface area contributed by atoms with Crippen LogP contribution in [0.15, 0.2) is 18.3 Å². The number of nitrogens with zero attached hydrogens (tertiary/aromatic N) is 2. The molecule has 1 N–H and O–H groups in total. The monoisotopic (exact) mass is 247 g/mol. The fraction of sp³-hybridized carbons (Fsp3) is 0.667. The second-order valence-electron chi connectivity index (χ2n) is 5.30. The smallest absolute Gasteiger partial charge is 0.0544 e. The molecule has 2 heterocycles. The lowest BCUT2D eigenvalue weighted by molar-refractivity contribution is 0.224. The van der Waals surface area contributed by atoms with Gasteiger partial charge in [-0.1, -0.05) is 19.4 Å². The molecule has 0 aromatic carbocycles. The molecule has 1 aromatic heterocycles. The first-order chi connectivity index (χ1) is 8.78. The van der Waals surface area contributed by atoms with Gasteiger partial charge in [0.25, 0.3) is 0 Å². The van der Waals surface area contributed by atoms with E-state index in [-0.39, 0.29) is 0 Å². The van der Waals surface area contributed by atoms with Gasteiger partial charge >= 0.3 is 0 Å². The van der Waals surface area contributed by atoms with E-state index in [2.05, 4.69) is 41.2 Å². The Morgan fingerprint density at radius 1 is 1.39 bits per heavy atom. The van der Waals surface area contributed by atoms with E-state index in [9.17, 15) is 0 Å². The summed E-state index contributed by atoms with van der Waals surface area (Å²) in [6.07, 6.45) is 5.99. The molecule has 0 aliphatic carbocycles. The predicted molar refractivity (Wildman–Crippen MR) is 75.6 cm³/mol. The van der Waals surface area contributed by atoms with Crippen LogP contribution >= 0.6 is 0 Å². The third-order valence-corrected chi connectivity index (χ3v) is 3.70. The first-order valence-electron chi connectivity index (χ1n) is 7.15. The molecular formula is C15H25N3. The molecule has 1 atom stereocenters. The molecule has 0 bridgehead atoms. The number of likely N-dealkylation sites (N-methyl/N-ethyl adjacent to an activating group) is 1. The minimum Gasteiger partial charge on any atom is -0.313 e. The molecule has 1 saturated heterocycles. The molecule has 0 spiro atoms. The van der Waals surface area contributed by atoms with Crippen LogP contribution in [-0.4, -0.2) is 35.6 Å². The van der Waals surface area contributed by atoms with Crippen LogP contribution in [0, 0.1) is 6.92 Å². The normalized spacial score (nSPS) is 20.3. The molecule has 3 heteroatoms. The molecular weight excluding hydrogens is 222 g/mol. The van der Waals surface area contributed by atoms with E-state index in [0.717, 1.165) is 19.6 Å². The van der Waals surface area contributed by atoms with Crippen LogP contribution in [0.2, 0.25) is 0 Å². The van der Waals surface area contributed by atoms with Crippen molar-refractivity contribution >= 4 is 0 Å². The molecule has 3 nitrogen and oxygen atoms in total. The fourth-order valence-corrected chi connectivity index (χ4v) is 2.52. The van der Waals surface area contributed by atoms with Gasteiger partial charge in [0.15, 0.2) is 0 Å². The lowest BCUT2D eigenvalue weighted by atomic mass is 10.0. The van der Waals surface area contributed by atoms with Crippen LogP contribution in [0.1, 0.15) is 37.4 Å². The highest BCUT2D eigenvalue weighted by Gasteiger charge is 2.16. The number of nitrogens with one attached hydrogen (secondary N) is 1. The summed E-state index contributed by atoms with van der Waals surface area (Å²) in [7, 11) is 0. The van der Waals surface area contributed by atoms with E-state index < -0.39 is 0 Å². The molecule has 0 amide bonds. The number of aryl methyl sites for hydroxylation is 1. The van der Waals surface area contributed by atoms with Crippen molar-refractivity contribution in [2.45, 2.75) is 45.7 Å². The average molecular weight is 247 g/mol. The largest absolute Gasteiger partial charge is 0.313 e. The summed E-state index contributed by atoms with van der Waals surface area (Å²) in [5.74, 6) is 0. The second kappa shape index (κ2) is 6.86. The molecule has 1 fully saturated rings. The third kappa shape index (κ3) is 4.07. The van der Waals surface area contributed by atoms with Gasteiger partial charge < -0.3 is 5.32 Å². The molecule has 1 unspecified atom stereocenters. The van der Waals surface area contributed by atoms with Crippen LogP contribution in [0.5, 0.6) is 0 Å². The summed E-state index contributed by atoms with van der Waals surface area (Å²) in [6, 6.07) is 4.96. The van der Waals surface area contributed by atoms with Gasteiger partial charge in [0.1, 0.15) is 0 Å². The Balaban J connectivity index is 1.86. The zero-order valence-corrected chi connectivity index (χ0v) is 11.7. The average Bonchev–Trinajstić information content (AvgIpc) is 2.41. The zero-order chi connectivity index (χ0) is 12.8. The second-order valence-corrected chi connectivity index (χ2v) is 5.30. The number of hydrogen-bond acceptors (Lipinski definition) is 3. The van der Waals surface area contributed by atoms with Crippen molar-refractivity contribution in [3.05, 3.63) is 29.6 Å². The van der Waals surface area contributed by atoms with Crippen molar-refractivity contribution < 1.29 is 0 Å². The Bertz CT molecular complexity index is 341. The summed E-state index contributed by atoms with van der Waals surface area (Å²) < 4.78 is 0. The number of piperidine rings is 1. The quantitative estimate of drug-likeness (QED) is 0.865. The van der Waals surface area contributed by atoms with Crippen molar-refractivity contribution in [3.8, 4) is 0 Å². The summed E-state index contributed by atoms with van der Waals surface area (Å²) in [4.78, 5) is 6.98. The number of rotatable bonds is 5. The van der Waals surface area contributed by atoms with E-state index in [1.54, 1.807) is 0 Å². The Kier molecular flexibility index (Phi) is 5.14. The highest BCUT2D eigenvalue weighted by atomic mass is 15.2. The van der Waals surface area contributed by atoms with Gasteiger partial charge in [-0.2, -0.15) is 0 Å². The topological polar surface area (TPSA) is 28.2 Å². The molecule has 1 aliphatic heterocycles. The van der Waals surface area contributed by atoms with Gasteiger partial charge in [0.05, 0.1) is 5.69 Å². The SMILES string of the molecule is CCN(Cc1ccc(C)cn1)CC1CCCCN1. The van der Waals surface area contributed by atoms with E-state index in [1.165, 1.54) is 37.1 Å². The fourth-order valence-electron chi connectivity index (χ4n) is 2.52. The molecule has 18 heavy (non-hydrogen) atoms. The van der Waals surface area contributed by atoms with Crippen molar-refractivity contribution in [1.82, 2.24) is 15.2 Å². The maximum Gasteiger partial charge on any atom is 0.0544 e. The van der Waals surface area contributed by atoms with Crippen molar-refractivity contribution in [2.75, 3.05) is 19.6 Å². The predicted octanol–water partition coefficient (Wildman–Crippen LogP) is 2.35. The Morgan fingerprint density at radius 3 is 2.89 bits per heavy atom. The zero-order valence-electron chi connectivity index (χ0n) is 11.7. The lowest BCUT2D eigenvalue weighted by Crippen LogP contribution is -2.43. The molecule has 100 valence electrons. The summed E-state index contributed by atoms with van der Waals surface area (Å²) in [5, 5.41) is 3.62. The van der Waals surface area contributed by atoms with Gasteiger partial charge in [-0.15, -0.1) is 0 Å². The van der Waals surface area contributed by atoms with Gasteiger partial charge in [0, 0.05) is 25.3 Å². The number of pyridine rings is 1. The highest BCUT2D eigenvalue weighted by Crippen LogP contribution is 2.10. The van der Waals surface area contributed by atoms with Crippen molar-refractivity contribution in [3.63, 3.8) is 0 Å². The van der Waals surface area contributed by atoms with E-state index in [4.69, 9.17) is 0 Å². The van der Waals surface area contributed by atoms with Gasteiger partial charge in [-0.3, -0.25) is 9.88 Å². The molecule has 2 rings (SSSR count). The summed E-state index contributed by atoms with van der Waals surface area (Å²) >= 11 is 0. The molecule has 0 saturated carbocycles. The van der Waals surface area contributed by atoms with Crippen LogP contribution in [0.3, 0.4) is 0 Å². The van der Waals surface area contributed by atoms with Crippen LogP contribution in [0.4, 0.5) is 0 Å². The minimum atomic E-state index is 0.671. The van der Waals surface area contributed by atoms with E-state index in [1.807, 2.05) is 6.20 Å². The first-order valence-corrected chi connectivity index (χ1v) is 7.15. The van der Waals surface area contributed by atoms with E-state index in [0.29, 0.717) is 6.04 Å². The number of hydrogen-bond donors (Lipinski definition) is 1. The van der Waals surface area contributed by atoms with Crippen LogP contribution < -0.4 is 5.32 Å². The van der Waals surface area contributed by atoms with Crippen LogP contribution in [0.25, 0.3) is 0 Å². The maximum atomic E-state index is 4.50. The molecule has 1 aliphatic rings. The first kappa shape index (κ1) is 13.5. The van der Waals surface area contributed by atoms with Crippen molar-refractivity contribution in [1.29, 1.82) is 0 Å². The highest BCUT2D eigenvalue weighted by molar-refractivity contribution is 5.12. The summed E-state index contributed by atoms with van der Waals surface area (Å²) in [5.41, 5.74) is 2.41. The van der Waals surface area contributed by atoms with Gasteiger partial charge in [-0.25, -0.2) is 0 Å². The minimum absolute atomic E-state index is 0.671. The Hall–Kier alpha value is -0.930. The van der Waals surface area contributed by atoms with Crippen LogP contribution in [-0.2, 0) is 6.54 Å². The lowest BCUT2D eigenvalue weighted by Gasteiger charge is -2.29. The third-order valence-electron chi connectivity index (χ3n) is 3.70. The maximum absolute atomic E-state index is 4.50. The molecule has 1 aromatic rings. The number of aromatic nitrogens is 1.